The first-order valence-corrected chi connectivity index (χ1v) is 7.77. The Hall–Kier alpha value is -2.35. The molecule has 0 aromatic carbocycles. The Bertz CT molecular complexity index is 753. The monoisotopic (exact) mass is 336 g/mol. The highest BCUT2D eigenvalue weighted by atomic mass is 19.3. The summed E-state index contributed by atoms with van der Waals surface area (Å²) in [5.74, 6) is -2.31. The van der Waals surface area contributed by atoms with E-state index in [-0.39, 0.29) is 18.4 Å². The van der Waals surface area contributed by atoms with E-state index in [4.69, 9.17) is 4.74 Å². The summed E-state index contributed by atoms with van der Waals surface area (Å²) in [6, 6.07) is 6.42. The highest BCUT2D eigenvalue weighted by Crippen LogP contribution is 2.39. The Morgan fingerprint density at radius 1 is 1.33 bits per heavy atom. The highest BCUT2D eigenvalue weighted by Gasteiger charge is 2.47. The molecule has 3 rings (SSSR count). The molecule has 1 aliphatic carbocycles. The SMILES string of the molecule is CCNCn1nc(-c2ccc(OC3CC(F)(F)C3)nc2)ccc1=O. The Balaban J connectivity index is 1.70. The molecule has 1 saturated carbocycles. The van der Waals surface area contributed by atoms with Crippen LogP contribution < -0.4 is 15.6 Å². The maximum atomic E-state index is 12.8. The van der Waals surface area contributed by atoms with Crippen LogP contribution in [0.1, 0.15) is 19.8 Å². The zero-order valence-corrected chi connectivity index (χ0v) is 13.2. The van der Waals surface area contributed by atoms with Crippen molar-refractivity contribution in [1.29, 1.82) is 0 Å². The number of nitrogens with one attached hydrogen (secondary N) is 1. The minimum atomic E-state index is -2.62. The third-order valence-electron chi connectivity index (χ3n) is 3.75. The molecule has 0 spiro atoms. The second-order valence-corrected chi connectivity index (χ2v) is 5.71. The summed E-state index contributed by atoms with van der Waals surface area (Å²) in [4.78, 5) is 15.9. The third kappa shape index (κ3) is 3.76. The van der Waals surface area contributed by atoms with Crippen molar-refractivity contribution >= 4 is 0 Å². The zero-order valence-electron chi connectivity index (χ0n) is 13.2. The van der Waals surface area contributed by atoms with E-state index in [1.54, 1.807) is 24.4 Å². The van der Waals surface area contributed by atoms with Crippen LogP contribution in [-0.4, -0.2) is 33.3 Å². The van der Waals surface area contributed by atoms with Crippen LogP contribution in [0.3, 0.4) is 0 Å². The average molecular weight is 336 g/mol. The predicted molar refractivity (Wildman–Crippen MR) is 84.0 cm³/mol. The second-order valence-electron chi connectivity index (χ2n) is 5.71. The van der Waals surface area contributed by atoms with Crippen molar-refractivity contribution < 1.29 is 13.5 Å². The first-order chi connectivity index (χ1) is 11.5. The van der Waals surface area contributed by atoms with Crippen LogP contribution in [0.2, 0.25) is 0 Å². The molecular formula is C16H18F2N4O2. The molecule has 2 heterocycles. The van der Waals surface area contributed by atoms with Crippen molar-refractivity contribution in [1.82, 2.24) is 20.1 Å². The normalized spacial score (nSPS) is 16.6. The number of ether oxygens (including phenoxy) is 1. The lowest BCUT2D eigenvalue weighted by Crippen LogP contribution is -2.43. The fourth-order valence-corrected chi connectivity index (χ4v) is 2.40. The van der Waals surface area contributed by atoms with E-state index < -0.39 is 12.0 Å². The minimum absolute atomic E-state index is 0.196. The quantitative estimate of drug-likeness (QED) is 0.874. The molecule has 0 aliphatic heterocycles. The van der Waals surface area contributed by atoms with Gasteiger partial charge in [-0.25, -0.2) is 18.4 Å². The summed E-state index contributed by atoms with van der Waals surface area (Å²) in [6.07, 6.45) is 0.524. The van der Waals surface area contributed by atoms with E-state index in [9.17, 15) is 13.6 Å². The van der Waals surface area contributed by atoms with Gasteiger partial charge in [0, 0.05) is 36.7 Å². The number of hydrogen-bond acceptors (Lipinski definition) is 5. The molecule has 0 amide bonds. The molecule has 2 aromatic rings. The second kappa shape index (κ2) is 6.64. The lowest BCUT2D eigenvalue weighted by molar-refractivity contribution is -0.135. The Labute approximate surface area is 137 Å². The number of pyridine rings is 1. The van der Waals surface area contributed by atoms with Crippen molar-refractivity contribution in [3.05, 3.63) is 40.8 Å². The van der Waals surface area contributed by atoms with E-state index in [1.165, 1.54) is 10.7 Å². The number of rotatable bonds is 6. The Morgan fingerprint density at radius 3 is 2.75 bits per heavy atom. The molecular weight excluding hydrogens is 318 g/mol. The van der Waals surface area contributed by atoms with Crippen LogP contribution in [0.25, 0.3) is 11.3 Å². The summed E-state index contributed by atoms with van der Waals surface area (Å²) < 4.78 is 32.3. The van der Waals surface area contributed by atoms with Gasteiger partial charge in [0.1, 0.15) is 6.10 Å². The van der Waals surface area contributed by atoms with Gasteiger partial charge >= 0.3 is 0 Å². The summed E-state index contributed by atoms with van der Waals surface area (Å²) in [5, 5.41) is 7.32. The third-order valence-corrected chi connectivity index (χ3v) is 3.75. The maximum Gasteiger partial charge on any atom is 0.268 e. The van der Waals surface area contributed by atoms with Crippen LogP contribution in [0.15, 0.2) is 35.3 Å². The van der Waals surface area contributed by atoms with Gasteiger partial charge in [-0.1, -0.05) is 6.92 Å². The van der Waals surface area contributed by atoms with Crippen LogP contribution >= 0.6 is 0 Å². The van der Waals surface area contributed by atoms with Gasteiger partial charge in [-0.15, -0.1) is 0 Å². The number of halogens is 2. The van der Waals surface area contributed by atoms with E-state index in [1.807, 2.05) is 6.92 Å². The fourth-order valence-electron chi connectivity index (χ4n) is 2.40. The summed E-state index contributed by atoms with van der Waals surface area (Å²) in [6.45, 7) is 3.00. The molecule has 6 nitrogen and oxygen atoms in total. The van der Waals surface area contributed by atoms with Gasteiger partial charge in [0.15, 0.2) is 0 Å². The van der Waals surface area contributed by atoms with Gasteiger partial charge in [-0.2, -0.15) is 5.10 Å². The maximum absolute atomic E-state index is 12.8. The van der Waals surface area contributed by atoms with E-state index in [2.05, 4.69) is 15.4 Å². The van der Waals surface area contributed by atoms with Crippen LogP contribution in [-0.2, 0) is 6.67 Å². The molecule has 2 aromatic heterocycles. The topological polar surface area (TPSA) is 69.0 Å². The van der Waals surface area contributed by atoms with Crippen molar-refractivity contribution in [3.8, 4) is 17.1 Å². The summed E-state index contributed by atoms with van der Waals surface area (Å²) >= 11 is 0. The molecule has 8 heteroatoms. The standard InChI is InChI=1S/C16H18F2N4O2/c1-2-19-10-22-15(23)6-4-13(21-22)11-3-5-14(20-9-11)24-12-7-16(17,18)8-12/h3-6,9,12,19H,2,7-8,10H2,1H3. The van der Waals surface area contributed by atoms with Gasteiger partial charge in [-0.3, -0.25) is 10.1 Å². The zero-order chi connectivity index (χ0) is 17.2. The average Bonchev–Trinajstić information content (AvgIpc) is 2.53. The number of hydrogen-bond donors (Lipinski definition) is 1. The Morgan fingerprint density at radius 2 is 2.12 bits per heavy atom. The molecule has 24 heavy (non-hydrogen) atoms. The van der Waals surface area contributed by atoms with Gasteiger partial charge in [-0.05, 0) is 18.7 Å². The van der Waals surface area contributed by atoms with Crippen LogP contribution in [0.5, 0.6) is 5.88 Å². The van der Waals surface area contributed by atoms with Crippen molar-refractivity contribution in [2.45, 2.75) is 38.5 Å². The van der Waals surface area contributed by atoms with Gasteiger partial charge in [0.2, 0.25) is 5.88 Å². The predicted octanol–water partition coefficient (Wildman–Crippen LogP) is 2.05. The lowest BCUT2D eigenvalue weighted by Gasteiger charge is -2.34. The first-order valence-electron chi connectivity index (χ1n) is 7.77. The first kappa shape index (κ1) is 16.5. The van der Waals surface area contributed by atoms with Crippen molar-refractivity contribution in [2.75, 3.05) is 6.54 Å². The largest absolute Gasteiger partial charge is 0.474 e. The van der Waals surface area contributed by atoms with Gasteiger partial charge in [0.25, 0.3) is 11.5 Å². The molecule has 1 aliphatic rings. The van der Waals surface area contributed by atoms with Gasteiger partial charge < -0.3 is 4.74 Å². The molecule has 0 radical (unpaired) electrons. The van der Waals surface area contributed by atoms with Crippen molar-refractivity contribution in [2.24, 2.45) is 0 Å². The van der Waals surface area contributed by atoms with Crippen molar-refractivity contribution in [3.63, 3.8) is 0 Å². The minimum Gasteiger partial charge on any atom is -0.474 e. The molecule has 1 fully saturated rings. The summed E-state index contributed by atoms with van der Waals surface area (Å²) in [7, 11) is 0. The highest BCUT2D eigenvalue weighted by molar-refractivity contribution is 5.57. The van der Waals surface area contributed by atoms with Crippen LogP contribution in [0.4, 0.5) is 8.78 Å². The molecule has 0 saturated heterocycles. The number of aromatic nitrogens is 3. The Kier molecular flexibility index (Phi) is 4.57. The molecule has 1 N–H and O–H groups in total. The van der Waals surface area contributed by atoms with E-state index in [0.29, 0.717) is 23.8 Å². The van der Waals surface area contributed by atoms with Crippen LogP contribution in [0, 0.1) is 0 Å². The summed E-state index contributed by atoms with van der Waals surface area (Å²) in [5.41, 5.74) is 1.12. The van der Waals surface area contributed by atoms with Gasteiger partial charge in [0.05, 0.1) is 12.4 Å². The smallest absolute Gasteiger partial charge is 0.268 e. The van der Waals surface area contributed by atoms with E-state index >= 15 is 0 Å². The molecule has 128 valence electrons. The van der Waals surface area contributed by atoms with E-state index in [0.717, 1.165) is 6.54 Å². The molecule has 0 bridgehead atoms. The molecule has 0 atom stereocenters. The lowest BCUT2D eigenvalue weighted by atomic mass is 9.91. The number of nitrogens with zero attached hydrogens (tertiary/aromatic N) is 3. The molecule has 0 unspecified atom stereocenters. The fraction of sp³-hybridized carbons (Fsp3) is 0.438. The number of alkyl halides is 2.